The van der Waals surface area contributed by atoms with Crippen LogP contribution in [0.4, 0.5) is 10.6 Å². The highest BCUT2D eigenvalue weighted by atomic mass is 16.5. The molecule has 1 heterocycles. The number of amides is 2. The zero-order valence-electron chi connectivity index (χ0n) is 22.6. The van der Waals surface area contributed by atoms with Gasteiger partial charge in [0.1, 0.15) is 5.69 Å². The summed E-state index contributed by atoms with van der Waals surface area (Å²) in [6, 6.07) is 20.0. The molecule has 0 radical (unpaired) electrons. The standard InChI is InChI=1S/C30H37N5O3/c1-30(2,31)23-14-12-22(13-15-23)28-25(21-8-6-5-7-9-21)19-26(33-34-28)32-27(36)18-20-10-16-24(17-11-20)35(3)29(37)38-4/h5-9,12-15,19-20,24H,10-11,16-18,31H2,1-4H3,(H,32,33,36). The Morgan fingerprint density at radius 1 is 1.00 bits per heavy atom. The van der Waals surface area contributed by atoms with Crippen molar-refractivity contribution < 1.29 is 14.3 Å². The molecular weight excluding hydrogens is 478 g/mol. The second kappa shape index (κ2) is 11.7. The summed E-state index contributed by atoms with van der Waals surface area (Å²) in [5, 5.41) is 11.8. The lowest BCUT2D eigenvalue weighted by Gasteiger charge is -2.33. The number of benzene rings is 2. The molecule has 1 aliphatic carbocycles. The van der Waals surface area contributed by atoms with Crippen molar-refractivity contribution in [2.45, 2.75) is 57.5 Å². The van der Waals surface area contributed by atoms with Crippen molar-refractivity contribution >= 4 is 17.8 Å². The normalized spacial score (nSPS) is 17.5. The number of nitrogens with one attached hydrogen (secondary N) is 1. The minimum atomic E-state index is -0.433. The van der Waals surface area contributed by atoms with E-state index in [0.29, 0.717) is 12.2 Å². The number of ether oxygens (including phenoxy) is 1. The van der Waals surface area contributed by atoms with Gasteiger partial charge < -0.3 is 20.7 Å². The number of hydrogen-bond acceptors (Lipinski definition) is 6. The van der Waals surface area contributed by atoms with Gasteiger partial charge in [-0.3, -0.25) is 4.79 Å². The summed E-state index contributed by atoms with van der Waals surface area (Å²) in [6.07, 6.45) is 3.58. The molecule has 1 fully saturated rings. The third-order valence-electron chi connectivity index (χ3n) is 7.35. The van der Waals surface area contributed by atoms with E-state index in [4.69, 9.17) is 10.5 Å². The Morgan fingerprint density at radius 3 is 2.26 bits per heavy atom. The molecule has 2 aromatic carbocycles. The fourth-order valence-corrected chi connectivity index (χ4v) is 5.05. The van der Waals surface area contributed by atoms with Crippen molar-refractivity contribution in [3.63, 3.8) is 0 Å². The minimum absolute atomic E-state index is 0.0784. The molecule has 1 saturated carbocycles. The van der Waals surface area contributed by atoms with E-state index in [0.717, 1.165) is 53.6 Å². The number of rotatable bonds is 7. The van der Waals surface area contributed by atoms with Crippen molar-refractivity contribution in [2.24, 2.45) is 11.7 Å². The van der Waals surface area contributed by atoms with Crippen molar-refractivity contribution in [3.05, 3.63) is 66.2 Å². The van der Waals surface area contributed by atoms with Gasteiger partial charge in [-0.1, -0.05) is 54.6 Å². The monoisotopic (exact) mass is 515 g/mol. The van der Waals surface area contributed by atoms with E-state index in [9.17, 15) is 9.59 Å². The Kier molecular flexibility index (Phi) is 8.42. The van der Waals surface area contributed by atoms with E-state index in [1.54, 1.807) is 11.9 Å². The molecule has 3 aromatic rings. The molecule has 0 aliphatic heterocycles. The van der Waals surface area contributed by atoms with Crippen LogP contribution in [0.15, 0.2) is 60.7 Å². The van der Waals surface area contributed by atoms with Crippen LogP contribution in [0.2, 0.25) is 0 Å². The van der Waals surface area contributed by atoms with Crippen molar-refractivity contribution in [2.75, 3.05) is 19.5 Å². The molecule has 1 aliphatic rings. The smallest absolute Gasteiger partial charge is 0.409 e. The minimum Gasteiger partial charge on any atom is -0.453 e. The predicted octanol–water partition coefficient (Wildman–Crippen LogP) is 5.59. The maximum absolute atomic E-state index is 12.9. The van der Waals surface area contributed by atoms with Gasteiger partial charge in [0.05, 0.1) is 7.11 Å². The van der Waals surface area contributed by atoms with Crippen LogP contribution in [0.3, 0.4) is 0 Å². The second-order valence-electron chi connectivity index (χ2n) is 10.7. The van der Waals surface area contributed by atoms with Crippen LogP contribution in [0.5, 0.6) is 0 Å². The third kappa shape index (κ3) is 6.55. The summed E-state index contributed by atoms with van der Waals surface area (Å²) >= 11 is 0. The van der Waals surface area contributed by atoms with Gasteiger partial charge >= 0.3 is 6.09 Å². The van der Waals surface area contributed by atoms with Gasteiger partial charge in [-0.05, 0) is 62.6 Å². The summed E-state index contributed by atoms with van der Waals surface area (Å²) in [6.45, 7) is 3.95. The molecule has 3 N–H and O–H groups in total. The molecule has 0 spiro atoms. The van der Waals surface area contributed by atoms with Crippen LogP contribution in [0.1, 0.15) is 51.5 Å². The van der Waals surface area contributed by atoms with Crippen molar-refractivity contribution in [1.29, 1.82) is 0 Å². The summed E-state index contributed by atoms with van der Waals surface area (Å²) in [4.78, 5) is 26.4. The Balaban J connectivity index is 1.47. The van der Waals surface area contributed by atoms with Gasteiger partial charge in [-0.15, -0.1) is 10.2 Å². The maximum atomic E-state index is 12.9. The number of hydrogen-bond donors (Lipinski definition) is 2. The third-order valence-corrected chi connectivity index (χ3v) is 7.35. The number of nitrogens with zero attached hydrogens (tertiary/aromatic N) is 3. The number of anilines is 1. The van der Waals surface area contributed by atoms with Gasteiger partial charge in [0, 0.05) is 36.2 Å². The molecule has 8 nitrogen and oxygen atoms in total. The first-order chi connectivity index (χ1) is 18.2. The van der Waals surface area contributed by atoms with Crippen LogP contribution in [0, 0.1) is 5.92 Å². The number of nitrogens with two attached hydrogens (primary N) is 1. The van der Waals surface area contributed by atoms with Gasteiger partial charge in [0.15, 0.2) is 5.82 Å². The second-order valence-corrected chi connectivity index (χ2v) is 10.7. The number of methoxy groups -OCH3 is 1. The molecule has 0 saturated heterocycles. The zero-order chi connectivity index (χ0) is 27.3. The summed E-state index contributed by atoms with van der Waals surface area (Å²) in [5.74, 6) is 0.616. The number of carbonyl (C=O) groups is 2. The van der Waals surface area contributed by atoms with Gasteiger partial charge in [-0.2, -0.15) is 0 Å². The van der Waals surface area contributed by atoms with E-state index >= 15 is 0 Å². The van der Waals surface area contributed by atoms with Crippen molar-refractivity contribution in [3.8, 4) is 22.4 Å². The lowest BCUT2D eigenvalue weighted by Crippen LogP contribution is -2.39. The van der Waals surface area contributed by atoms with Crippen LogP contribution < -0.4 is 11.1 Å². The Bertz CT molecular complexity index is 1250. The molecule has 8 heteroatoms. The molecule has 0 unspecified atom stereocenters. The Hall–Kier alpha value is -3.78. The van der Waals surface area contributed by atoms with E-state index in [-0.39, 0.29) is 24.0 Å². The highest BCUT2D eigenvalue weighted by Gasteiger charge is 2.28. The lowest BCUT2D eigenvalue weighted by molar-refractivity contribution is -0.117. The predicted molar refractivity (Wildman–Crippen MR) is 149 cm³/mol. The molecular formula is C30H37N5O3. The quantitative estimate of drug-likeness (QED) is 0.424. The lowest BCUT2D eigenvalue weighted by atomic mass is 9.83. The summed E-state index contributed by atoms with van der Waals surface area (Å²) in [7, 11) is 3.16. The summed E-state index contributed by atoms with van der Waals surface area (Å²) in [5.41, 5.74) is 10.4. The van der Waals surface area contributed by atoms with E-state index in [1.807, 2.05) is 74.5 Å². The first-order valence-electron chi connectivity index (χ1n) is 13.1. The highest BCUT2D eigenvalue weighted by molar-refractivity contribution is 5.91. The molecule has 1 aromatic heterocycles. The molecule has 0 bridgehead atoms. The molecule has 200 valence electrons. The van der Waals surface area contributed by atoms with Gasteiger partial charge in [-0.25, -0.2) is 4.79 Å². The van der Waals surface area contributed by atoms with Crippen LogP contribution in [0.25, 0.3) is 22.4 Å². The summed E-state index contributed by atoms with van der Waals surface area (Å²) < 4.78 is 4.82. The SMILES string of the molecule is COC(=O)N(C)C1CCC(CC(=O)Nc2cc(-c3ccccc3)c(-c3ccc(C(C)(C)N)cc3)nn2)CC1. The molecule has 38 heavy (non-hydrogen) atoms. The molecule has 4 rings (SSSR count). The van der Waals surface area contributed by atoms with Crippen molar-refractivity contribution in [1.82, 2.24) is 15.1 Å². The Labute approximate surface area is 224 Å². The van der Waals surface area contributed by atoms with Gasteiger partial charge in [0.2, 0.25) is 5.91 Å². The largest absolute Gasteiger partial charge is 0.453 e. The molecule has 0 atom stereocenters. The fraction of sp³-hybridized carbons (Fsp3) is 0.400. The van der Waals surface area contributed by atoms with E-state index in [2.05, 4.69) is 15.5 Å². The first kappa shape index (κ1) is 27.3. The topological polar surface area (TPSA) is 110 Å². The van der Waals surface area contributed by atoms with Crippen LogP contribution >= 0.6 is 0 Å². The zero-order valence-corrected chi connectivity index (χ0v) is 22.6. The van der Waals surface area contributed by atoms with Crippen LogP contribution in [-0.4, -0.2) is 47.3 Å². The number of carbonyl (C=O) groups excluding carboxylic acids is 2. The first-order valence-corrected chi connectivity index (χ1v) is 13.1. The van der Waals surface area contributed by atoms with Gasteiger partial charge in [0.25, 0.3) is 0 Å². The fourth-order valence-electron chi connectivity index (χ4n) is 5.05. The highest BCUT2D eigenvalue weighted by Crippen LogP contribution is 2.33. The van der Waals surface area contributed by atoms with E-state index in [1.165, 1.54) is 7.11 Å². The van der Waals surface area contributed by atoms with Crippen LogP contribution in [-0.2, 0) is 15.1 Å². The molecule has 2 amide bonds. The number of aromatic nitrogens is 2. The average Bonchev–Trinajstić information content (AvgIpc) is 2.92. The average molecular weight is 516 g/mol. The maximum Gasteiger partial charge on any atom is 0.409 e. The van der Waals surface area contributed by atoms with E-state index < -0.39 is 5.54 Å². The Morgan fingerprint density at radius 2 is 1.66 bits per heavy atom.